The highest BCUT2D eigenvalue weighted by atomic mass is 35.5. The summed E-state index contributed by atoms with van der Waals surface area (Å²) in [5, 5.41) is 3.73. The van der Waals surface area contributed by atoms with Gasteiger partial charge in [0, 0.05) is 41.6 Å². The second-order valence-electron chi connectivity index (χ2n) is 7.13. The Morgan fingerprint density at radius 2 is 1.88 bits per heavy atom. The number of nitrogens with zero attached hydrogens (tertiary/aromatic N) is 2. The zero-order chi connectivity index (χ0) is 18.1. The van der Waals surface area contributed by atoms with E-state index in [4.69, 9.17) is 16.6 Å². The monoisotopic (exact) mass is 367 g/mol. The minimum Gasteiger partial charge on any atom is -0.323 e. The predicted octanol–water partition coefficient (Wildman–Crippen LogP) is 4.14. The molecule has 5 heteroatoms. The molecule has 2 aliphatic rings. The molecule has 0 aliphatic carbocycles. The van der Waals surface area contributed by atoms with E-state index in [1.165, 1.54) is 5.56 Å². The Morgan fingerprint density at radius 1 is 1.15 bits per heavy atom. The standard InChI is InChI=1S/C21H22ClN3O/c1-15-18-13-17(22)7-8-19(18)23-20(26)21(24-15)9-11-25(12-10-21)14-16-5-3-2-4-6-16/h2-8,13H,9-12,14H2,1H3,(H,23,26). The van der Waals surface area contributed by atoms with Crippen molar-refractivity contribution in [3.63, 3.8) is 0 Å². The number of aliphatic imine (C=N–C) groups is 1. The number of carbonyl (C=O) groups excluding carboxylic acids is 1. The molecule has 2 heterocycles. The summed E-state index contributed by atoms with van der Waals surface area (Å²) in [7, 11) is 0. The molecule has 1 saturated heterocycles. The quantitative estimate of drug-likeness (QED) is 0.867. The molecule has 1 N–H and O–H groups in total. The second-order valence-corrected chi connectivity index (χ2v) is 7.57. The third-order valence-electron chi connectivity index (χ3n) is 5.36. The van der Waals surface area contributed by atoms with Gasteiger partial charge < -0.3 is 5.32 Å². The zero-order valence-corrected chi connectivity index (χ0v) is 15.6. The summed E-state index contributed by atoms with van der Waals surface area (Å²) in [6, 6.07) is 16.0. The van der Waals surface area contributed by atoms with Crippen LogP contribution in [-0.2, 0) is 11.3 Å². The molecule has 2 aliphatic heterocycles. The van der Waals surface area contributed by atoms with Gasteiger partial charge in [-0.2, -0.15) is 0 Å². The Kier molecular flexibility index (Phi) is 4.55. The van der Waals surface area contributed by atoms with Gasteiger partial charge in [-0.25, -0.2) is 0 Å². The van der Waals surface area contributed by atoms with E-state index in [1.807, 2.05) is 25.1 Å². The van der Waals surface area contributed by atoms with Crippen LogP contribution in [0.5, 0.6) is 0 Å². The fraction of sp³-hybridized carbons (Fsp3) is 0.333. The first kappa shape index (κ1) is 17.3. The number of likely N-dealkylation sites (tertiary alicyclic amines) is 1. The van der Waals surface area contributed by atoms with Crippen LogP contribution in [0.15, 0.2) is 53.5 Å². The summed E-state index contributed by atoms with van der Waals surface area (Å²) in [5.41, 5.74) is 3.20. The minimum absolute atomic E-state index is 0.00252. The number of amides is 1. The number of hydrogen-bond acceptors (Lipinski definition) is 3. The molecule has 4 rings (SSSR count). The van der Waals surface area contributed by atoms with Crippen molar-refractivity contribution in [3.05, 3.63) is 64.7 Å². The molecule has 1 spiro atoms. The van der Waals surface area contributed by atoms with Crippen LogP contribution in [0.1, 0.15) is 30.9 Å². The highest BCUT2D eigenvalue weighted by Crippen LogP contribution is 2.34. The minimum atomic E-state index is -0.678. The van der Waals surface area contributed by atoms with Crippen molar-refractivity contribution in [2.45, 2.75) is 31.8 Å². The third kappa shape index (κ3) is 3.27. The summed E-state index contributed by atoms with van der Waals surface area (Å²) in [5.74, 6) is -0.00252. The van der Waals surface area contributed by atoms with E-state index in [2.05, 4.69) is 34.5 Å². The number of carbonyl (C=O) groups is 1. The van der Waals surface area contributed by atoms with Gasteiger partial charge in [0.1, 0.15) is 5.54 Å². The first-order chi connectivity index (χ1) is 12.6. The summed E-state index contributed by atoms with van der Waals surface area (Å²) in [4.78, 5) is 20.3. The van der Waals surface area contributed by atoms with Crippen LogP contribution in [0.2, 0.25) is 5.02 Å². The van der Waals surface area contributed by atoms with Gasteiger partial charge in [-0.05, 0) is 43.5 Å². The van der Waals surface area contributed by atoms with Gasteiger partial charge in [-0.1, -0.05) is 41.9 Å². The summed E-state index contributed by atoms with van der Waals surface area (Å²) in [6.07, 6.45) is 1.45. The van der Waals surface area contributed by atoms with Crippen molar-refractivity contribution in [1.82, 2.24) is 4.90 Å². The van der Waals surface area contributed by atoms with Gasteiger partial charge in [0.05, 0.1) is 0 Å². The van der Waals surface area contributed by atoms with Gasteiger partial charge in [-0.3, -0.25) is 14.7 Å². The van der Waals surface area contributed by atoms with Crippen LogP contribution < -0.4 is 5.32 Å². The number of benzene rings is 2. The highest BCUT2D eigenvalue weighted by Gasteiger charge is 2.43. The maximum Gasteiger partial charge on any atom is 0.252 e. The van der Waals surface area contributed by atoms with E-state index in [1.54, 1.807) is 6.07 Å². The van der Waals surface area contributed by atoms with E-state index >= 15 is 0 Å². The fourth-order valence-corrected chi connectivity index (χ4v) is 4.03. The average molecular weight is 368 g/mol. The van der Waals surface area contributed by atoms with Crippen LogP contribution in [-0.4, -0.2) is 35.1 Å². The maximum atomic E-state index is 13.0. The Balaban J connectivity index is 1.54. The highest BCUT2D eigenvalue weighted by molar-refractivity contribution is 6.31. The van der Waals surface area contributed by atoms with Crippen molar-refractivity contribution in [1.29, 1.82) is 0 Å². The Bertz CT molecular complexity index is 855. The maximum absolute atomic E-state index is 13.0. The normalized spacial score (nSPS) is 19.5. The molecule has 2 aromatic rings. The van der Waals surface area contributed by atoms with Gasteiger partial charge >= 0.3 is 0 Å². The number of fused-ring (bicyclic) bond motifs is 1. The molecule has 0 radical (unpaired) electrons. The molecule has 0 saturated carbocycles. The molecule has 0 atom stereocenters. The predicted molar refractivity (Wildman–Crippen MR) is 106 cm³/mol. The van der Waals surface area contributed by atoms with Crippen LogP contribution in [0, 0.1) is 0 Å². The first-order valence-corrected chi connectivity index (χ1v) is 9.38. The van der Waals surface area contributed by atoms with E-state index in [0.717, 1.165) is 49.4 Å². The van der Waals surface area contributed by atoms with E-state index in [0.29, 0.717) is 5.02 Å². The largest absolute Gasteiger partial charge is 0.323 e. The van der Waals surface area contributed by atoms with E-state index in [-0.39, 0.29) is 5.91 Å². The topological polar surface area (TPSA) is 44.7 Å². The molecule has 0 unspecified atom stereocenters. The SMILES string of the molecule is CC1=NC2(CCN(Cc3ccccc3)CC2)C(=O)Nc2ccc(Cl)cc21. The van der Waals surface area contributed by atoms with Gasteiger partial charge in [0.25, 0.3) is 5.91 Å². The third-order valence-corrected chi connectivity index (χ3v) is 5.59. The molecule has 0 bridgehead atoms. The van der Waals surface area contributed by atoms with Crippen LogP contribution >= 0.6 is 11.6 Å². The lowest BCUT2D eigenvalue weighted by atomic mass is 9.86. The van der Waals surface area contributed by atoms with Gasteiger partial charge in [0.15, 0.2) is 0 Å². The average Bonchev–Trinajstić information content (AvgIpc) is 2.74. The first-order valence-electron chi connectivity index (χ1n) is 9.00. The molecule has 1 amide bonds. The van der Waals surface area contributed by atoms with Crippen LogP contribution in [0.25, 0.3) is 0 Å². The summed E-state index contributed by atoms with van der Waals surface area (Å²) in [6.45, 7) is 4.59. The Morgan fingerprint density at radius 3 is 2.62 bits per heavy atom. The lowest BCUT2D eigenvalue weighted by molar-refractivity contribution is -0.122. The lowest BCUT2D eigenvalue weighted by Crippen LogP contribution is -2.50. The number of piperidine rings is 1. The van der Waals surface area contributed by atoms with Crippen molar-refractivity contribution in [2.75, 3.05) is 18.4 Å². The van der Waals surface area contributed by atoms with E-state index < -0.39 is 5.54 Å². The second kappa shape index (κ2) is 6.86. The smallest absolute Gasteiger partial charge is 0.252 e. The van der Waals surface area contributed by atoms with Gasteiger partial charge in [0.2, 0.25) is 0 Å². The molecule has 1 fully saturated rings. The van der Waals surface area contributed by atoms with Crippen molar-refractivity contribution >= 4 is 28.9 Å². The molecule has 0 aromatic heterocycles. The van der Waals surface area contributed by atoms with Crippen molar-refractivity contribution in [3.8, 4) is 0 Å². The number of rotatable bonds is 2. The molecule has 134 valence electrons. The zero-order valence-electron chi connectivity index (χ0n) is 14.8. The van der Waals surface area contributed by atoms with Crippen molar-refractivity contribution in [2.24, 2.45) is 4.99 Å². The molecule has 4 nitrogen and oxygen atoms in total. The number of hydrogen-bond donors (Lipinski definition) is 1. The van der Waals surface area contributed by atoms with Gasteiger partial charge in [-0.15, -0.1) is 0 Å². The summed E-state index contributed by atoms with van der Waals surface area (Å²) >= 11 is 6.13. The van der Waals surface area contributed by atoms with Crippen LogP contribution in [0.4, 0.5) is 5.69 Å². The van der Waals surface area contributed by atoms with E-state index in [9.17, 15) is 4.79 Å². The van der Waals surface area contributed by atoms with Crippen molar-refractivity contribution < 1.29 is 4.79 Å². The molecular weight excluding hydrogens is 346 g/mol. The Hall–Kier alpha value is -2.17. The molecular formula is C21H22ClN3O. The molecule has 26 heavy (non-hydrogen) atoms. The Labute approximate surface area is 158 Å². The summed E-state index contributed by atoms with van der Waals surface area (Å²) < 4.78 is 0. The fourth-order valence-electron chi connectivity index (χ4n) is 3.86. The number of nitrogens with one attached hydrogen (secondary N) is 1. The number of anilines is 1. The molecule has 2 aromatic carbocycles. The number of halogens is 1. The van der Waals surface area contributed by atoms with Crippen LogP contribution in [0.3, 0.4) is 0 Å². The lowest BCUT2D eigenvalue weighted by Gasteiger charge is -2.37.